The highest BCUT2D eigenvalue weighted by Gasteiger charge is 2.50. The molecule has 0 atom stereocenters. The number of anilines is 1. The summed E-state index contributed by atoms with van der Waals surface area (Å²) < 4.78 is 0. The van der Waals surface area contributed by atoms with E-state index in [1.165, 1.54) is 32.1 Å². The molecule has 0 unspecified atom stereocenters. The monoisotopic (exact) mass is 313 g/mol. The lowest BCUT2D eigenvalue weighted by molar-refractivity contribution is -0.138. The fourth-order valence-electron chi connectivity index (χ4n) is 5.45. The molecule has 4 heteroatoms. The molecule has 5 rings (SSSR count). The van der Waals surface area contributed by atoms with Crippen molar-refractivity contribution >= 4 is 11.7 Å². The van der Waals surface area contributed by atoms with Crippen molar-refractivity contribution in [2.45, 2.75) is 38.6 Å². The number of nitrogens with zero attached hydrogens (tertiary/aromatic N) is 2. The van der Waals surface area contributed by atoms with Gasteiger partial charge in [-0.1, -0.05) is 6.07 Å². The van der Waals surface area contributed by atoms with Gasteiger partial charge < -0.3 is 10.2 Å². The Balaban J connectivity index is 1.37. The first-order valence-corrected chi connectivity index (χ1v) is 9.00. The summed E-state index contributed by atoms with van der Waals surface area (Å²) in [5, 5.41) is 3.18. The summed E-state index contributed by atoms with van der Waals surface area (Å²) >= 11 is 0. The number of aromatic nitrogens is 1. The van der Waals surface area contributed by atoms with Gasteiger partial charge in [0.1, 0.15) is 5.82 Å². The van der Waals surface area contributed by atoms with Crippen molar-refractivity contribution in [3.63, 3.8) is 0 Å². The molecule has 0 radical (unpaired) electrons. The molecule has 0 saturated heterocycles. The van der Waals surface area contributed by atoms with Gasteiger partial charge in [0.25, 0.3) is 0 Å². The fourth-order valence-corrected chi connectivity index (χ4v) is 5.45. The molecule has 4 aliphatic carbocycles. The second kappa shape index (κ2) is 5.81. The second-order valence-electron chi connectivity index (χ2n) is 8.09. The molecule has 0 aromatic carbocycles. The zero-order valence-corrected chi connectivity index (χ0v) is 14.2. The van der Waals surface area contributed by atoms with Crippen molar-refractivity contribution in [3.8, 4) is 0 Å². The minimum absolute atomic E-state index is 0.275. The van der Waals surface area contributed by atoms with Gasteiger partial charge in [-0.15, -0.1) is 0 Å². The summed E-state index contributed by atoms with van der Waals surface area (Å²) in [6.07, 6.45) is 8.49. The number of carbonyl (C=O) groups excluding carboxylic acids is 1. The van der Waals surface area contributed by atoms with Gasteiger partial charge in [0.2, 0.25) is 5.91 Å². The van der Waals surface area contributed by atoms with E-state index in [1.807, 2.05) is 31.3 Å². The van der Waals surface area contributed by atoms with Crippen molar-refractivity contribution in [2.24, 2.45) is 29.6 Å². The summed E-state index contributed by atoms with van der Waals surface area (Å²) in [5.41, 5.74) is 1.08. The zero-order valence-electron chi connectivity index (χ0n) is 14.2. The Hall–Kier alpha value is -1.58. The quantitative estimate of drug-likeness (QED) is 0.929. The fraction of sp³-hybridized carbons (Fsp3) is 0.684. The summed E-state index contributed by atoms with van der Waals surface area (Å²) in [6, 6.07) is 4.06. The Kier molecular flexibility index (Phi) is 3.78. The van der Waals surface area contributed by atoms with Crippen LogP contribution in [0, 0.1) is 29.6 Å². The molecule has 124 valence electrons. The Morgan fingerprint density at radius 1 is 1.13 bits per heavy atom. The SMILES string of the molecule is CN(C)c1ccc(CNC(=O)C2C3CC4CC(C3)CC2C4)cn1. The molecule has 23 heavy (non-hydrogen) atoms. The molecule has 0 spiro atoms. The molecule has 1 N–H and O–H groups in total. The van der Waals surface area contributed by atoms with E-state index >= 15 is 0 Å². The van der Waals surface area contributed by atoms with E-state index in [1.54, 1.807) is 0 Å². The van der Waals surface area contributed by atoms with Crippen LogP contribution in [0.3, 0.4) is 0 Å². The number of hydrogen-bond donors (Lipinski definition) is 1. The third-order valence-electron chi connectivity index (χ3n) is 6.26. The lowest BCUT2D eigenvalue weighted by atomic mass is 9.51. The Bertz CT molecular complexity index is 553. The van der Waals surface area contributed by atoms with Gasteiger partial charge in [0.05, 0.1) is 0 Å². The van der Waals surface area contributed by atoms with Crippen molar-refractivity contribution in [3.05, 3.63) is 23.9 Å². The second-order valence-corrected chi connectivity index (χ2v) is 8.09. The summed E-state index contributed by atoms with van der Waals surface area (Å²) in [5.74, 6) is 4.66. The number of amides is 1. The number of hydrogen-bond acceptors (Lipinski definition) is 3. The van der Waals surface area contributed by atoms with Crippen molar-refractivity contribution < 1.29 is 4.79 Å². The highest BCUT2D eigenvalue weighted by atomic mass is 16.1. The number of nitrogens with one attached hydrogen (secondary N) is 1. The molecule has 1 aromatic rings. The molecular formula is C19H27N3O. The van der Waals surface area contributed by atoms with Gasteiger partial charge in [-0.2, -0.15) is 0 Å². The molecular weight excluding hydrogens is 286 g/mol. The zero-order chi connectivity index (χ0) is 16.0. The average Bonchev–Trinajstić information content (AvgIpc) is 2.52. The topological polar surface area (TPSA) is 45.2 Å². The first kappa shape index (κ1) is 15.0. The maximum absolute atomic E-state index is 12.7. The minimum Gasteiger partial charge on any atom is -0.363 e. The van der Waals surface area contributed by atoms with Crippen LogP contribution in [0.1, 0.15) is 37.7 Å². The molecule has 0 aliphatic heterocycles. The van der Waals surface area contributed by atoms with E-state index in [0.29, 0.717) is 18.4 Å². The molecule has 4 nitrogen and oxygen atoms in total. The lowest BCUT2D eigenvalue weighted by Crippen LogP contribution is -2.50. The lowest BCUT2D eigenvalue weighted by Gasteiger charge is -2.53. The highest BCUT2D eigenvalue weighted by Crippen LogP contribution is 2.56. The van der Waals surface area contributed by atoms with Crippen LogP contribution < -0.4 is 10.2 Å². The van der Waals surface area contributed by atoms with Crippen LogP contribution in [0.15, 0.2) is 18.3 Å². The first-order valence-electron chi connectivity index (χ1n) is 9.00. The summed E-state index contributed by atoms with van der Waals surface area (Å²) in [7, 11) is 3.96. The van der Waals surface area contributed by atoms with E-state index in [0.717, 1.165) is 23.2 Å². The Morgan fingerprint density at radius 3 is 2.30 bits per heavy atom. The van der Waals surface area contributed by atoms with E-state index in [4.69, 9.17) is 0 Å². The van der Waals surface area contributed by atoms with Crippen LogP contribution in [0.4, 0.5) is 5.82 Å². The summed E-state index contributed by atoms with van der Waals surface area (Å²) in [4.78, 5) is 19.1. The van der Waals surface area contributed by atoms with E-state index in [-0.39, 0.29) is 11.8 Å². The Labute approximate surface area is 138 Å². The predicted molar refractivity (Wildman–Crippen MR) is 90.9 cm³/mol. The molecule has 1 heterocycles. The maximum Gasteiger partial charge on any atom is 0.223 e. The molecule has 1 amide bonds. The molecule has 4 aliphatic rings. The van der Waals surface area contributed by atoms with E-state index < -0.39 is 0 Å². The van der Waals surface area contributed by atoms with Gasteiger partial charge in [-0.05, 0) is 67.4 Å². The molecule has 4 fully saturated rings. The van der Waals surface area contributed by atoms with Crippen LogP contribution in [-0.2, 0) is 11.3 Å². The molecule has 4 bridgehead atoms. The Morgan fingerprint density at radius 2 is 1.78 bits per heavy atom. The van der Waals surface area contributed by atoms with E-state index in [9.17, 15) is 4.79 Å². The smallest absolute Gasteiger partial charge is 0.223 e. The van der Waals surface area contributed by atoms with Crippen LogP contribution in [0.25, 0.3) is 0 Å². The van der Waals surface area contributed by atoms with Crippen LogP contribution in [-0.4, -0.2) is 25.0 Å². The number of rotatable bonds is 4. The minimum atomic E-state index is 0.275. The number of carbonyl (C=O) groups is 1. The average molecular weight is 313 g/mol. The largest absolute Gasteiger partial charge is 0.363 e. The molecule has 4 saturated carbocycles. The van der Waals surface area contributed by atoms with Crippen molar-refractivity contribution in [1.82, 2.24) is 10.3 Å². The van der Waals surface area contributed by atoms with E-state index in [2.05, 4.69) is 16.4 Å². The van der Waals surface area contributed by atoms with Crippen molar-refractivity contribution in [1.29, 1.82) is 0 Å². The first-order chi connectivity index (χ1) is 11.1. The maximum atomic E-state index is 12.7. The highest BCUT2D eigenvalue weighted by molar-refractivity contribution is 5.79. The third kappa shape index (κ3) is 2.84. The van der Waals surface area contributed by atoms with Crippen molar-refractivity contribution in [2.75, 3.05) is 19.0 Å². The van der Waals surface area contributed by atoms with Crippen LogP contribution >= 0.6 is 0 Å². The molecule has 1 aromatic heterocycles. The van der Waals surface area contributed by atoms with Crippen LogP contribution in [0.5, 0.6) is 0 Å². The van der Waals surface area contributed by atoms with Gasteiger partial charge in [0.15, 0.2) is 0 Å². The third-order valence-corrected chi connectivity index (χ3v) is 6.26. The van der Waals surface area contributed by atoms with Gasteiger partial charge >= 0.3 is 0 Å². The van der Waals surface area contributed by atoms with Crippen LogP contribution in [0.2, 0.25) is 0 Å². The van der Waals surface area contributed by atoms with Gasteiger partial charge in [-0.3, -0.25) is 4.79 Å². The summed E-state index contributed by atoms with van der Waals surface area (Å²) in [6.45, 7) is 0.600. The van der Waals surface area contributed by atoms with Gasteiger partial charge in [0, 0.05) is 32.8 Å². The standard InChI is InChI=1S/C19H27N3O/c1-22(2)17-4-3-12(10-20-17)11-21-19(23)18-15-6-13-5-14(8-15)9-16(18)7-13/h3-4,10,13-16,18H,5-9,11H2,1-2H3,(H,21,23). The normalized spacial score (nSPS) is 34.4. The number of pyridine rings is 1. The van der Waals surface area contributed by atoms with Gasteiger partial charge in [-0.25, -0.2) is 4.98 Å². The predicted octanol–water partition coefficient (Wildman–Crippen LogP) is 2.84.